The van der Waals surface area contributed by atoms with Gasteiger partial charge < -0.3 is 16.2 Å². The minimum Gasteiger partial charge on any atom is -0.395 e. The van der Waals surface area contributed by atoms with Gasteiger partial charge in [0.2, 0.25) is 5.91 Å². The summed E-state index contributed by atoms with van der Waals surface area (Å²) in [6.45, 7) is 7.87. The van der Waals surface area contributed by atoms with Crippen LogP contribution in [0.15, 0.2) is 53.9 Å². The molecular formula is C23H28Cl2FN3O2. The number of aliphatic hydroxyl groups excluding tert-OH is 1. The summed E-state index contributed by atoms with van der Waals surface area (Å²) in [4.78, 5) is 15.4. The molecule has 4 N–H and O–H groups in total. The van der Waals surface area contributed by atoms with Crippen molar-refractivity contribution in [2.45, 2.75) is 37.9 Å². The summed E-state index contributed by atoms with van der Waals surface area (Å²) in [5.41, 5.74) is 6.25. The molecule has 3 rings (SSSR count). The van der Waals surface area contributed by atoms with E-state index in [2.05, 4.69) is 25.7 Å². The molecule has 0 aliphatic carbocycles. The van der Waals surface area contributed by atoms with Gasteiger partial charge in [-0.2, -0.15) is 0 Å². The van der Waals surface area contributed by atoms with Gasteiger partial charge in [-0.3, -0.25) is 9.69 Å². The molecule has 5 nitrogen and oxygen atoms in total. The fourth-order valence-electron chi connectivity index (χ4n) is 4.73. The third-order valence-electron chi connectivity index (χ3n) is 6.08. The van der Waals surface area contributed by atoms with E-state index in [1.54, 1.807) is 18.2 Å². The Morgan fingerprint density at radius 2 is 2.19 bits per heavy atom. The lowest BCUT2D eigenvalue weighted by molar-refractivity contribution is -0.129. The molecule has 0 radical (unpaired) electrons. The molecule has 1 spiro atoms. The van der Waals surface area contributed by atoms with Crippen LogP contribution in [-0.4, -0.2) is 41.1 Å². The molecule has 0 saturated carbocycles. The van der Waals surface area contributed by atoms with Crippen molar-refractivity contribution in [2.24, 2.45) is 17.6 Å². The van der Waals surface area contributed by atoms with E-state index in [-0.39, 0.29) is 17.5 Å². The Morgan fingerprint density at radius 3 is 2.81 bits per heavy atom. The van der Waals surface area contributed by atoms with Gasteiger partial charge in [0.1, 0.15) is 11.4 Å². The van der Waals surface area contributed by atoms with E-state index >= 15 is 4.39 Å². The maximum absolute atomic E-state index is 15.7. The Morgan fingerprint density at radius 1 is 1.48 bits per heavy atom. The van der Waals surface area contributed by atoms with Crippen molar-refractivity contribution >= 4 is 34.8 Å². The fourth-order valence-corrected chi connectivity index (χ4v) is 4.97. The molecule has 2 heterocycles. The zero-order valence-electron chi connectivity index (χ0n) is 17.6. The van der Waals surface area contributed by atoms with Crippen LogP contribution in [0.2, 0.25) is 5.02 Å². The van der Waals surface area contributed by atoms with Gasteiger partial charge in [-0.25, -0.2) is 4.39 Å². The van der Waals surface area contributed by atoms with Crippen molar-refractivity contribution in [1.82, 2.24) is 4.90 Å². The van der Waals surface area contributed by atoms with Crippen molar-refractivity contribution < 1.29 is 14.3 Å². The minimum atomic E-state index is -1.39. The minimum absolute atomic E-state index is 0.250. The van der Waals surface area contributed by atoms with Crippen LogP contribution < -0.4 is 11.1 Å². The summed E-state index contributed by atoms with van der Waals surface area (Å²) < 4.78 is 15.7. The number of halogens is 3. The van der Waals surface area contributed by atoms with E-state index in [4.69, 9.17) is 28.9 Å². The third-order valence-corrected chi connectivity index (χ3v) is 6.44. The van der Waals surface area contributed by atoms with Gasteiger partial charge in [0, 0.05) is 39.9 Å². The first-order chi connectivity index (χ1) is 14.6. The van der Waals surface area contributed by atoms with Crippen molar-refractivity contribution in [2.75, 3.05) is 18.5 Å². The molecule has 168 valence electrons. The number of nitrogens with one attached hydrogen (secondary N) is 1. The van der Waals surface area contributed by atoms with Gasteiger partial charge >= 0.3 is 0 Å². The van der Waals surface area contributed by atoms with Crippen LogP contribution in [0.3, 0.4) is 0 Å². The lowest BCUT2D eigenvalue weighted by Crippen LogP contribution is -2.53. The van der Waals surface area contributed by atoms with E-state index < -0.39 is 29.4 Å². The highest BCUT2D eigenvalue weighted by atomic mass is 35.5. The maximum atomic E-state index is 15.7. The van der Waals surface area contributed by atoms with Gasteiger partial charge in [0.25, 0.3) is 0 Å². The average Bonchev–Trinajstić information content (AvgIpc) is 3.10. The summed E-state index contributed by atoms with van der Waals surface area (Å²) in [5.74, 6) is -1.60. The lowest BCUT2D eigenvalue weighted by atomic mass is 9.76. The first kappa shape index (κ1) is 24.0. The van der Waals surface area contributed by atoms with Crippen LogP contribution in [0.1, 0.15) is 25.8 Å². The molecular weight excluding hydrogens is 440 g/mol. The number of nitrogens with zero attached hydrogens (tertiary/aromatic N) is 1. The second-order valence-corrected chi connectivity index (χ2v) is 9.37. The fraction of sp³-hybridized carbons (Fsp3) is 0.435. The Balaban J connectivity index is 2.21. The predicted molar refractivity (Wildman–Crippen MR) is 124 cm³/mol. The molecule has 2 aliphatic heterocycles. The molecule has 8 heteroatoms. The Labute approximate surface area is 192 Å². The highest BCUT2D eigenvalue weighted by Crippen LogP contribution is 2.55. The van der Waals surface area contributed by atoms with Crippen molar-refractivity contribution in [3.8, 4) is 0 Å². The van der Waals surface area contributed by atoms with E-state index in [0.717, 1.165) is 6.42 Å². The topological polar surface area (TPSA) is 78.6 Å². The largest absolute Gasteiger partial charge is 0.395 e. The van der Waals surface area contributed by atoms with Crippen LogP contribution in [0.5, 0.6) is 0 Å². The Bertz CT molecular complexity index is 933. The highest BCUT2D eigenvalue weighted by Gasteiger charge is 2.66. The smallest absolute Gasteiger partial charge is 0.250 e. The second kappa shape index (κ2) is 9.43. The van der Waals surface area contributed by atoms with Crippen LogP contribution in [0, 0.1) is 11.8 Å². The second-order valence-electron chi connectivity index (χ2n) is 8.45. The number of hydrogen-bond donors (Lipinski definition) is 3. The van der Waals surface area contributed by atoms with Crippen LogP contribution in [-0.2, 0) is 10.3 Å². The molecule has 2 aliphatic rings. The number of allylic oxidation sites excluding steroid dienone is 4. The number of rotatable bonds is 7. The maximum Gasteiger partial charge on any atom is 0.250 e. The Kier molecular flexibility index (Phi) is 7.28. The SMILES string of the molecule is C=C(Cl)/C=C\C=C(/F)[C@H]1[C@H](N)[C@H](CO)N(CCC(C)C)[C@@]12C(=O)Nc1cc(Cl)ccc12. The first-order valence-corrected chi connectivity index (χ1v) is 11.0. The number of benzene rings is 1. The van der Waals surface area contributed by atoms with Crippen LogP contribution in [0.25, 0.3) is 0 Å². The molecule has 0 aromatic heterocycles. The molecule has 31 heavy (non-hydrogen) atoms. The molecule has 1 saturated heterocycles. The number of fused-ring (bicyclic) bond motifs is 2. The number of carbonyl (C=O) groups excluding carboxylic acids is 1. The molecule has 1 aromatic carbocycles. The van der Waals surface area contributed by atoms with E-state index in [0.29, 0.717) is 28.7 Å². The number of carbonyl (C=O) groups is 1. The van der Waals surface area contributed by atoms with Gasteiger partial charge in [-0.15, -0.1) is 0 Å². The van der Waals surface area contributed by atoms with Crippen molar-refractivity contribution in [1.29, 1.82) is 0 Å². The zero-order valence-corrected chi connectivity index (χ0v) is 19.1. The summed E-state index contributed by atoms with van der Waals surface area (Å²) in [6, 6.07) is 3.66. The summed E-state index contributed by atoms with van der Waals surface area (Å²) in [7, 11) is 0. The van der Waals surface area contributed by atoms with E-state index in [9.17, 15) is 9.90 Å². The molecule has 1 aromatic rings. The average molecular weight is 468 g/mol. The van der Waals surface area contributed by atoms with Gasteiger partial charge in [0.15, 0.2) is 0 Å². The van der Waals surface area contributed by atoms with Gasteiger partial charge in [-0.05, 0) is 36.6 Å². The molecule has 1 amide bonds. The molecule has 1 fully saturated rings. The van der Waals surface area contributed by atoms with Gasteiger partial charge in [0.05, 0.1) is 12.5 Å². The quantitative estimate of drug-likeness (QED) is 0.521. The number of anilines is 1. The zero-order chi connectivity index (χ0) is 22.9. The normalized spacial score (nSPS) is 28.7. The van der Waals surface area contributed by atoms with Crippen molar-refractivity contribution in [3.05, 3.63) is 64.5 Å². The monoisotopic (exact) mass is 467 g/mol. The molecule has 0 unspecified atom stereocenters. The van der Waals surface area contributed by atoms with Crippen molar-refractivity contribution in [3.63, 3.8) is 0 Å². The highest BCUT2D eigenvalue weighted by molar-refractivity contribution is 6.31. The van der Waals surface area contributed by atoms with Crippen LogP contribution >= 0.6 is 23.2 Å². The van der Waals surface area contributed by atoms with E-state index in [1.807, 2.05) is 4.90 Å². The van der Waals surface area contributed by atoms with E-state index in [1.165, 1.54) is 18.2 Å². The Hall–Kier alpha value is -1.70. The number of hydrogen-bond acceptors (Lipinski definition) is 4. The summed E-state index contributed by atoms with van der Waals surface area (Å²) in [5, 5.41) is 13.8. The summed E-state index contributed by atoms with van der Waals surface area (Å²) in [6.07, 6.45) is 4.90. The predicted octanol–water partition coefficient (Wildman–Crippen LogP) is 4.32. The number of likely N-dealkylation sites (tertiary alicyclic amines) is 1. The third kappa shape index (κ3) is 4.20. The molecule has 0 bridgehead atoms. The van der Waals surface area contributed by atoms with Gasteiger partial charge in [-0.1, -0.05) is 55.8 Å². The lowest BCUT2D eigenvalue weighted by Gasteiger charge is -2.39. The van der Waals surface area contributed by atoms with Crippen LogP contribution in [0.4, 0.5) is 10.1 Å². The summed E-state index contributed by atoms with van der Waals surface area (Å²) >= 11 is 11.9. The number of nitrogens with two attached hydrogens (primary N) is 1. The standard InChI is InChI=1S/C23H28Cl2FN3O2/c1-13(2)9-10-29-19(12-30)21(27)20(17(26)6-4-5-14(3)24)23(29)16-8-7-15(25)11-18(16)28-22(23)31/h4-8,11,13,19-21,30H,3,9-10,12,27H2,1-2H3,(H,28,31)/b5-4-,17-6-/t19-,20-,21+,23+/m0/s1. The number of amides is 1. The molecule has 4 atom stereocenters. The first-order valence-electron chi connectivity index (χ1n) is 10.3. The number of aliphatic hydroxyl groups is 1.